The highest BCUT2D eigenvalue weighted by Gasteiger charge is 2.43. The van der Waals surface area contributed by atoms with Crippen LogP contribution in [0, 0.1) is 5.41 Å². The normalized spacial score (nSPS) is 37.1. The molecule has 1 aliphatic carbocycles. The minimum Gasteiger partial charge on any atom is -0.480 e. The van der Waals surface area contributed by atoms with Crippen molar-refractivity contribution in [1.82, 2.24) is 4.90 Å². The van der Waals surface area contributed by atoms with E-state index in [0.717, 1.165) is 36.5 Å². The summed E-state index contributed by atoms with van der Waals surface area (Å²) in [4.78, 5) is 19.0. The van der Waals surface area contributed by atoms with Gasteiger partial charge in [0, 0.05) is 18.0 Å². The Balaban J connectivity index is 1.83. The summed E-state index contributed by atoms with van der Waals surface area (Å²) < 4.78 is 0. The van der Waals surface area contributed by atoms with E-state index >= 15 is 0 Å². The molecule has 1 saturated heterocycles. The molecule has 2 heterocycles. The third-order valence-corrected chi connectivity index (χ3v) is 5.70. The molecule has 2 N–H and O–H groups in total. The molecule has 0 aromatic heterocycles. The maximum atomic E-state index is 11.4. The van der Waals surface area contributed by atoms with Crippen molar-refractivity contribution >= 4 is 23.4 Å². The number of aliphatic imine (C=N–C) groups is 1. The summed E-state index contributed by atoms with van der Waals surface area (Å²) in [5, 5.41) is 19.0. The molecule has 3 rings (SSSR count). The van der Waals surface area contributed by atoms with Crippen LogP contribution in [-0.4, -0.2) is 51.0 Å². The Bertz CT molecular complexity index is 563. The first-order valence-corrected chi connectivity index (χ1v) is 8.02. The third-order valence-electron chi connectivity index (χ3n) is 4.41. The molecule has 0 aromatic carbocycles. The smallest absolute Gasteiger partial charge is 0.317 e. The first kappa shape index (κ1) is 14.8. The van der Waals surface area contributed by atoms with E-state index in [4.69, 9.17) is 4.99 Å². The van der Waals surface area contributed by atoms with Gasteiger partial charge in [-0.2, -0.15) is 0 Å². The highest BCUT2D eigenvalue weighted by Crippen LogP contribution is 2.47. The number of carboxylic acid groups (broad SMARTS) is 1. The van der Waals surface area contributed by atoms with Crippen LogP contribution in [0.5, 0.6) is 0 Å². The number of aliphatic hydroxyl groups is 1. The summed E-state index contributed by atoms with van der Waals surface area (Å²) in [5.74, 6) is -0.847. The number of likely N-dealkylation sites (tertiary alicyclic amines) is 1. The van der Waals surface area contributed by atoms with Crippen molar-refractivity contribution in [3.8, 4) is 0 Å². The van der Waals surface area contributed by atoms with Crippen molar-refractivity contribution in [2.75, 3.05) is 13.1 Å². The maximum absolute atomic E-state index is 11.4. The number of carboxylic acids is 1. The Morgan fingerprint density at radius 3 is 2.71 bits per heavy atom. The molecule has 0 bridgehead atoms. The molecule has 0 aromatic rings. The van der Waals surface area contributed by atoms with Crippen LogP contribution >= 0.6 is 11.8 Å². The fourth-order valence-electron chi connectivity index (χ4n) is 2.91. The lowest BCUT2D eigenvalue weighted by Gasteiger charge is -2.39. The van der Waals surface area contributed by atoms with Crippen molar-refractivity contribution in [1.29, 1.82) is 0 Å². The molecule has 1 fully saturated rings. The van der Waals surface area contributed by atoms with Gasteiger partial charge in [0.1, 0.15) is 5.41 Å². The quantitative estimate of drug-likeness (QED) is 0.814. The van der Waals surface area contributed by atoms with Gasteiger partial charge in [-0.1, -0.05) is 17.8 Å². The Hall–Kier alpha value is -1.11. The van der Waals surface area contributed by atoms with Crippen LogP contribution in [0.25, 0.3) is 0 Å². The van der Waals surface area contributed by atoms with Crippen LogP contribution in [0.4, 0.5) is 0 Å². The molecule has 2 atom stereocenters. The van der Waals surface area contributed by atoms with E-state index < -0.39 is 16.4 Å². The summed E-state index contributed by atoms with van der Waals surface area (Å²) in [6.45, 7) is 5.39. The molecule has 21 heavy (non-hydrogen) atoms. The van der Waals surface area contributed by atoms with Crippen LogP contribution in [0.1, 0.15) is 26.7 Å². The molecule has 3 aliphatic rings. The lowest BCUT2D eigenvalue weighted by Crippen LogP contribution is -2.46. The SMILES string of the molecule is C[C@]1(C(=O)O)C=CC2=N[C@](C)(N3CCC(O)CC3)SC2=C1. The number of fused-ring (bicyclic) bond motifs is 1. The van der Waals surface area contributed by atoms with Crippen molar-refractivity contribution in [3.63, 3.8) is 0 Å². The summed E-state index contributed by atoms with van der Waals surface area (Å²) >= 11 is 1.61. The number of hydrogen-bond donors (Lipinski definition) is 2. The predicted octanol–water partition coefficient (Wildman–Crippen LogP) is 1.85. The second-order valence-electron chi connectivity index (χ2n) is 6.18. The number of allylic oxidation sites excluding steroid dienone is 2. The number of hydrogen-bond acceptors (Lipinski definition) is 5. The van der Waals surface area contributed by atoms with E-state index in [0.29, 0.717) is 0 Å². The number of piperidine rings is 1. The average molecular weight is 308 g/mol. The first-order chi connectivity index (χ1) is 9.82. The van der Waals surface area contributed by atoms with Gasteiger partial charge in [-0.15, -0.1) is 0 Å². The molecule has 0 unspecified atom stereocenters. The monoisotopic (exact) mass is 308 g/mol. The molecule has 0 amide bonds. The highest BCUT2D eigenvalue weighted by molar-refractivity contribution is 8.05. The number of rotatable bonds is 2. The molecule has 0 spiro atoms. The van der Waals surface area contributed by atoms with Crippen LogP contribution < -0.4 is 0 Å². The number of thioether (sulfide) groups is 1. The molecule has 114 valence electrons. The standard InChI is InChI=1S/C15H20N2O3S/c1-14(13(19)20)6-3-11-12(9-14)21-15(2,16-11)17-7-4-10(18)5-8-17/h3,6,9-10,18H,4-5,7-8H2,1-2H3,(H,19,20)/t14-,15+/m0/s1. The van der Waals surface area contributed by atoms with Gasteiger partial charge in [-0.3, -0.25) is 14.7 Å². The number of carbonyl (C=O) groups is 1. The molecule has 6 heteroatoms. The van der Waals surface area contributed by atoms with Crippen molar-refractivity contribution < 1.29 is 15.0 Å². The Labute approximate surface area is 128 Å². The van der Waals surface area contributed by atoms with Gasteiger partial charge >= 0.3 is 5.97 Å². The van der Waals surface area contributed by atoms with E-state index in [-0.39, 0.29) is 6.10 Å². The van der Waals surface area contributed by atoms with E-state index in [2.05, 4.69) is 11.8 Å². The van der Waals surface area contributed by atoms with E-state index in [1.54, 1.807) is 30.8 Å². The van der Waals surface area contributed by atoms with Gasteiger partial charge in [0.2, 0.25) is 0 Å². The van der Waals surface area contributed by atoms with Crippen LogP contribution in [0.15, 0.2) is 28.1 Å². The van der Waals surface area contributed by atoms with Gasteiger partial charge < -0.3 is 10.2 Å². The van der Waals surface area contributed by atoms with Crippen LogP contribution in [0.2, 0.25) is 0 Å². The third kappa shape index (κ3) is 2.56. The zero-order valence-corrected chi connectivity index (χ0v) is 13.1. The van der Waals surface area contributed by atoms with Gasteiger partial charge in [0.05, 0.1) is 11.8 Å². The summed E-state index contributed by atoms with van der Waals surface area (Å²) in [7, 11) is 0. The second-order valence-corrected chi connectivity index (χ2v) is 7.60. The fourth-order valence-corrected chi connectivity index (χ4v) is 4.30. The Morgan fingerprint density at radius 2 is 2.10 bits per heavy atom. The van der Waals surface area contributed by atoms with Gasteiger partial charge in [-0.25, -0.2) is 0 Å². The van der Waals surface area contributed by atoms with Crippen LogP contribution in [0.3, 0.4) is 0 Å². The largest absolute Gasteiger partial charge is 0.480 e. The van der Waals surface area contributed by atoms with Gasteiger partial charge in [0.15, 0.2) is 4.99 Å². The topological polar surface area (TPSA) is 73.1 Å². The highest BCUT2D eigenvalue weighted by atomic mass is 32.2. The predicted molar refractivity (Wildman–Crippen MR) is 83.2 cm³/mol. The number of aliphatic hydroxyl groups excluding tert-OH is 1. The molecule has 0 saturated carbocycles. The minimum atomic E-state index is -0.954. The number of aliphatic carboxylic acids is 1. The molecular weight excluding hydrogens is 288 g/mol. The van der Waals surface area contributed by atoms with E-state index in [1.165, 1.54) is 0 Å². The first-order valence-electron chi connectivity index (χ1n) is 7.20. The molecule has 2 aliphatic heterocycles. The Morgan fingerprint density at radius 1 is 1.43 bits per heavy atom. The van der Waals surface area contributed by atoms with Crippen molar-refractivity contribution in [2.24, 2.45) is 10.4 Å². The van der Waals surface area contributed by atoms with E-state index in [9.17, 15) is 15.0 Å². The molecule has 5 nitrogen and oxygen atoms in total. The number of nitrogens with zero attached hydrogens (tertiary/aromatic N) is 2. The van der Waals surface area contributed by atoms with Gasteiger partial charge in [-0.05, 0) is 38.8 Å². The lowest BCUT2D eigenvalue weighted by molar-refractivity contribution is -0.142. The minimum absolute atomic E-state index is 0.208. The second kappa shape index (κ2) is 4.97. The summed E-state index contributed by atoms with van der Waals surface area (Å²) in [6, 6.07) is 0. The maximum Gasteiger partial charge on any atom is 0.317 e. The summed E-state index contributed by atoms with van der Waals surface area (Å²) in [5.41, 5.74) is -0.0858. The Kier molecular flexibility index (Phi) is 3.50. The van der Waals surface area contributed by atoms with Crippen LogP contribution in [-0.2, 0) is 4.79 Å². The summed E-state index contributed by atoms with van der Waals surface area (Å²) in [6.07, 6.45) is 6.64. The zero-order valence-electron chi connectivity index (χ0n) is 12.2. The zero-order chi connectivity index (χ0) is 15.3. The molecule has 0 radical (unpaired) electrons. The van der Waals surface area contributed by atoms with Gasteiger partial charge in [0.25, 0.3) is 0 Å². The molecular formula is C15H20N2O3S. The fraction of sp³-hybridized carbons (Fsp3) is 0.600. The van der Waals surface area contributed by atoms with Crippen molar-refractivity contribution in [2.45, 2.75) is 37.8 Å². The van der Waals surface area contributed by atoms with E-state index in [1.807, 2.05) is 6.08 Å². The lowest BCUT2D eigenvalue weighted by atomic mass is 9.86. The average Bonchev–Trinajstić information content (AvgIpc) is 2.75. The van der Waals surface area contributed by atoms with Crippen molar-refractivity contribution in [3.05, 3.63) is 23.1 Å².